The summed E-state index contributed by atoms with van der Waals surface area (Å²) in [6, 6.07) is 0. The van der Waals surface area contributed by atoms with Crippen LogP contribution < -0.4 is 0 Å². The van der Waals surface area contributed by atoms with E-state index in [1.807, 2.05) is 0 Å². The van der Waals surface area contributed by atoms with Gasteiger partial charge in [0.15, 0.2) is 0 Å². The van der Waals surface area contributed by atoms with E-state index in [4.69, 9.17) is 5.11 Å². The lowest BCUT2D eigenvalue weighted by Gasteiger charge is -1.87. The summed E-state index contributed by atoms with van der Waals surface area (Å²) in [5.74, 6) is 2.69. The van der Waals surface area contributed by atoms with Gasteiger partial charge in [0, 0.05) is 6.61 Å². The summed E-state index contributed by atoms with van der Waals surface area (Å²) in [6.45, 7) is 0.446. The average molecular weight is 112 g/mol. The van der Waals surface area contributed by atoms with Gasteiger partial charge < -0.3 is 5.11 Å². The number of aliphatic hydroxyl groups is 1. The summed E-state index contributed by atoms with van der Waals surface area (Å²) in [7, 11) is 0. The Morgan fingerprint density at radius 3 is 2.50 bits per heavy atom. The van der Waals surface area contributed by atoms with Crippen LogP contribution in [0.15, 0.2) is 0 Å². The summed E-state index contributed by atoms with van der Waals surface area (Å²) in [5, 5.41) is 8.65. The van der Waals surface area contributed by atoms with Crippen LogP contribution in [-0.4, -0.2) is 11.7 Å². The Hall–Kier alpha value is -0.0400. The molecule has 0 aromatic heterocycles. The molecule has 0 unspecified atom stereocenters. The highest BCUT2D eigenvalue weighted by atomic mass is 16.3. The smallest absolute Gasteiger partial charge is 0.0462 e. The van der Waals surface area contributed by atoms with E-state index in [9.17, 15) is 0 Å². The van der Waals surface area contributed by atoms with Crippen molar-refractivity contribution in [2.75, 3.05) is 6.61 Å². The van der Waals surface area contributed by atoms with Crippen molar-refractivity contribution in [1.29, 1.82) is 0 Å². The molecule has 2 aliphatic carbocycles. The normalized spacial score (nSPS) is 44.6. The Bertz CT molecular complexity index is 96.6. The van der Waals surface area contributed by atoms with E-state index in [-0.39, 0.29) is 0 Å². The molecule has 2 saturated carbocycles. The molecule has 0 bridgehead atoms. The predicted molar refractivity (Wildman–Crippen MR) is 31.4 cm³/mol. The van der Waals surface area contributed by atoms with Crippen molar-refractivity contribution < 1.29 is 5.11 Å². The standard InChI is InChI=1S/C7H12O/c8-4-6-3-7(6)5-1-2-5/h5-8H,1-4H2/t6-,7-/m1/s1. The quantitative estimate of drug-likeness (QED) is 0.565. The number of hydrogen-bond acceptors (Lipinski definition) is 1. The van der Waals surface area contributed by atoms with Gasteiger partial charge in [0.2, 0.25) is 0 Å². The minimum absolute atomic E-state index is 0.446. The van der Waals surface area contributed by atoms with Crippen LogP contribution >= 0.6 is 0 Å². The van der Waals surface area contributed by atoms with Gasteiger partial charge in [-0.25, -0.2) is 0 Å². The van der Waals surface area contributed by atoms with Gasteiger partial charge in [0.25, 0.3) is 0 Å². The molecule has 0 spiro atoms. The molecule has 2 rings (SSSR count). The van der Waals surface area contributed by atoms with Gasteiger partial charge in [-0.15, -0.1) is 0 Å². The first-order valence-corrected chi connectivity index (χ1v) is 3.52. The molecule has 1 heteroatoms. The van der Waals surface area contributed by atoms with Crippen molar-refractivity contribution in [3.63, 3.8) is 0 Å². The van der Waals surface area contributed by atoms with Crippen molar-refractivity contribution in [1.82, 2.24) is 0 Å². The third kappa shape index (κ3) is 0.655. The van der Waals surface area contributed by atoms with Gasteiger partial charge in [-0.1, -0.05) is 0 Å². The fourth-order valence-corrected chi connectivity index (χ4v) is 1.58. The Morgan fingerprint density at radius 2 is 2.12 bits per heavy atom. The molecule has 0 aliphatic heterocycles. The third-order valence-electron chi connectivity index (χ3n) is 2.44. The highest BCUT2D eigenvalue weighted by Gasteiger charge is 2.46. The van der Waals surface area contributed by atoms with Crippen LogP contribution in [0.2, 0.25) is 0 Å². The van der Waals surface area contributed by atoms with E-state index in [1.165, 1.54) is 19.3 Å². The maximum Gasteiger partial charge on any atom is 0.0462 e. The van der Waals surface area contributed by atoms with E-state index >= 15 is 0 Å². The predicted octanol–water partition coefficient (Wildman–Crippen LogP) is 1.02. The van der Waals surface area contributed by atoms with Crippen LogP contribution in [0, 0.1) is 17.8 Å². The molecule has 0 radical (unpaired) electrons. The van der Waals surface area contributed by atoms with Gasteiger partial charge in [-0.3, -0.25) is 0 Å². The van der Waals surface area contributed by atoms with Crippen molar-refractivity contribution in [3.05, 3.63) is 0 Å². The van der Waals surface area contributed by atoms with Crippen molar-refractivity contribution >= 4 is 0 Å². The Balaban J connectivity index is 1.79. The maximum absolute atomic E-state index is 8.65. The number of hydrogen-bond donors (Lipinski definition) is 1. The molecule has 1 N–H and O–H groups in total. The molecule has 0 amide bonds. The first-order chi connectivity index (χ1) is 3.92. The zero-order chi connectivity index (χ0) is 5.56. The zero-order valence-corrected chi connectivity index (χ0v) is 5.01. The second-order valence-electron chi connectivity index (χ2n) is 3.18. The van der Waals surface area contributed by atoms with E-state index < -0.39 is 0 Å². The van der Waals surface area contributed by atoms with Gasteiger partial charge in [0.05, 0.1) is 0 Å². The minimum Gasteiger partial charge on any atom is -0.396 e. The van der Waals surface area contributed by atoms with Gasteiger partial charge in [-0.05, 0) is 37.0 Å². The van der Waals surface area contributed by atoms with Crippen LogP contribution in [0.1, 0.15) is 19.3 Å². The Kier molecular flexibility index (Phi) is 0.884. The molecule has 46 valence electrons. The van der Waals surface area contributed by atoms with Crippen molar-refractivity contribution in [2.24, 2.45) is 17.8 Å². The lowest BCUT2D eigenvalue weighted by molar-refractivity contribution is 0.266. The summed E-state index contributed by atoms with van der Waals surface area (Å²) in [5.41, 5.74) is 0. The van der Waals surface area contributed by atoms with Crippen LogP contribution in [-0.2, 0) is 0 Å². The molecule has 0 aromatic rings. The number of aliphatic hydroxyl groups excluding tert-OH is 1. The van der Waals surface area contributed by atoms with Crippen molar-refractivity contribution in [3.8, 4) is 0 Å². The second-order valence-corrected chi connectivity index (χ2v) is 3.18. The molecular weight excluding hydrogens is 100 g/mol. The summed E-state index contributed by atoms with van der Waals surface area (Å²) in [6.07, 6.45) is 4.21. The van der Waals surface area contributed by atoms with Gasteiger partial charge in [-0.2, -0.15) is 0 Å². The molecule has 0 aromatic carbocycles. The van der Waals surface area contributed by atoms with E-state index in [0.717, 1.165) is 11.8 Å². The van der Waals surface area contributed by atoms with Crippen LogP contribution in [0.4, 0.5) is 0 Å². The topological polar surface area (TPSA) is 20.2 Å². The average Bonchev–Trinajstić information content (AvgIpc) is 2.62. The second kappa shape index (κ2) is 1.47. The molecule has 1 nitrogen and oxygen atoms in total. The highest BCUT2D eigenvalue weighted by molar-refractivity contribution is 4.96. The maximum atomic E-state index is 8.65. The minimum atomic E-state index is 0.446. The largest absolute Gasteiger partial charge is 0.396 e. The fraction of sp³-hybridized carbons (Fsp3) is 1.00. The van der Waals surface area contributed by atoms with Crippen molar-refractivity contribution in [2.45, 2.75) is 19.3 Å². The Morgan fingerprint density at radius 1 is 1.38 bits per heavy atom. The summed E-state index contributed by atoms with van der Waals surface area (Å²) < 4.78 is 0. The van der Waals surface area contributed by atoms with E-state index in [2.05, 4.69) is 0 Å². The molecule has 0 saturated heterocycles. The molecular formula is C7H12O. The fourth-order valence-electron chi connectivity index (χ4n) is 1.58. The molecule has 2 fully saturated rings. The lowest BCUT2D eigenvalue weighted by atomic mass is 10.2. The first-order valence-electron chi connectivity index (χ1n) is 3.52. The lowest BCUT2D eigenvalue weighted by Crippen LogP contribution is -1.88. The molecule has 0 heterocycles. The number of rotatable bonds is 2. The summed E-state index contributed by atoms with van der Waals surface area (Å²) in [4.78, 5) is 0. The van der Waals surface area contributed by atoms with Gasteiger partial charge in [0.1, 0.15) is 0 Å². The monoisotopic (exact) mass is 112 g/mol. The van der Waals surface area contributed by atoms with Crippen LogP contribution in [0.3, 0.4) is 0 Å². The van der Waals surface area contributed by atoms with Gasteiger partial charge >= 0.3 is 0 Å². The molecule has 2 aliphatic rings. The third-order valence-corrected chi connectivity index (χ3v) is 2.44. The van der Waals surface area contributed by atoms with E-state index in [0.29, 0.717) is 12.5 Å². The Labute approximate surface area is 49.7 Å². The van der Waals surface area contributed by atoms with Crippen LogP contribution in [0.5, 0.6) is 0 Å². The molecule has 8 heavy (non-hydrogen) atoms. The highest BCUT2D eigenvalue weighted by Crippen LogP contribution is 2.53. The summed E-state index contributed by atoms with van der Waals surface area (Å²) >= 11 is 0. The zero-order valence-electron chi connectivity index (χ0n) is 5.01. The van der Waals surface area contributed by atoms with E-state index in [1.54, 1.807) is 0 Å². The SMILES string of the molecule is OC[C@H]1C[C@@H]1C1CC1. The molecule has 2 atom stereocenters. The first kappa shape index (κ1) is 4.80. The van der Waals surface area contributed by atoms with Crippen LogP contribution in [0.25, 0.3) is 0 Å².